The van der Waals surface area contributed by atoms with Crippen molar-refractivity contribution in [1.29, 1.82) is 0 Å². The number of carbonyl (C=O) groups excluding carboxylic acids is 2. The van der Waals surface area contributed by atoms with Crippen LogP contribution in [0.3, 0.4) is 0 Å². The molecule has 10 rings (SSSR count). The van der Waals surface area contributed by atoms with Gasteiger partial charge in [0, 0.05) is 97.2 Å². The smallest absolute Gasteiger partial charge is 0.251 e. The second kappa shape index (κ2) is 56.3. The quantitative estimate of drug-likeness (QED) is 0.0181. The van der Waals surface area contributed by atoms with Crippen molar-refractivity contribution in [3.05, 3.63) is 173 Å². The molecule has 584 valence electrons. The number of unbranched alkanes of at least 4 members (excludes halogenated alkanes) is 3. The Labute approximate surface area is 647 Å². The van der Waals surface area contributed by atoms with Crippen molar-refractivity contribution in [2.75, 3.05) is 38.6 Å². The molecule has 0 aliphatic carbocycles. The zero-order valence-electron chi connectivity index (χ0n) is 69.0. The molecule has 6 aromatic heterocycles. The molecular formula is C81H128BrF2N19O2Sn. The van der Waals surface area contributed by atoms with Crippen LogP contribution < -0.4 is 20.9 Å². The largest absolute Gasteiger partial charge is 0.355 e. The van der Waals surface area contributed by atoms with Gasteiger partial charge in [-0.15, -0.1) is 15.3 Å². The first kappa shape index (κ1) is 98.0. The fourth-order valence-electron chi connectivity index (χ4n) is 11.3. The van der Waals surface area contributed by atoms with Crippen LogP contribution in [0.4, 0.5) is 14.6 Å². The van der Waals surface area contributed by atoms with Crippen molar-refractivity contribution < 1.29 is 18.4 Å². The fraction of sp³-hybridized carbons (Fsp3) is 0.543. The minimum absolute atomic E-state index is 0.00514. The van der Waals surface area contributed by atoms with Crippen LogP contribution >= 0.6 is 15.9 Å². The molecule has 2 aliphatic rings. The van der Waals surface area contributed by atoms with E-state index in [9.17, 15) is 18.4 Å². The predicted octanol–water partition coefficient (Wildman–Crippen LogP) is 19.7. The average Bonchev–Trinajstić information content (AvgIpc) is 0.940. The van der Waals surface area contributed by atoms with Crippen LogP contribution in [0.5, 0.6) is 0 Å². The van der Waals surface area contributed by atoms with Gasteiger partial charge in [0.05, 0.1) is 34.2 Å². The van der Waals surface area contributed by atoms with Crippen molar-refractivity contribution in [2.45, 2.75) is 257 Å². The van der Waals surface area contributed by atoms with Gasteiger partial charge in [0.25, 0.3) is 11.8 Å². The van der Waals surface area contributed by atoms with Gasteiger partial charge >= 0.3 is 108 Å². The van der Waals surface area contributed by atoms with Gasteiger partial charge < -0.3 is 20.9 Å². The molecule has 0 radical (unpaired) electrons. The number of carbonyl (C=O) groups is 2. The molecule has 2 aliphatic heterocycles. The molecule has 0 bridgehead atoms. The van der Waals surface area contributed by atoms with E-state index in [1.54, 1.807) is 51.7 Å². The van der Waals surface area contributed by atoms with Crippen molar-refractivity contribution in [2.24, 2.45) is 5.11 Å². The van der Waals surface area contributed by atoms with Gasteiger partial charge in [0.2, 0.25) is 11.9 Å². The van der Waals surface area contributed by atoms with E-state index in [1.807, 2.05) is 137 Å². The van der Waals surface area contributed by atoms with E-state index in [2.05, 4.69) is 157 Å². The summed E-state index contributed by atoms with van der Waals surface area (Å²) in [5.41, 5.74) is 23.8. The zero-order valence-corrected chi connectivity index (χ0v) is 73.4. The number of aryl methyl sites for hydroxylation is 7. The van der Waals surface area contributed by atoms with E-state index in [-0.39, 0.29) is 11.8 Å². The predicted molar refractivity (Wildman–Crippen MR) is 442 cm³/mol. The number of azide groups is 1. The van der Waals surface area contributed by atoms with Crippen molar-refractivity contribution in [1.82, 2.24) is 75.9 Å². The van der Waals surface area contributed by atoms with Crippen molar-refractivity contribution in [3.8, 4) is 32.4 Å². The van der Waals surface area contributed by atoms with E-state index >= 15 is 0 Å². The van der Waals surface area contributed by atoms with E-state index in [1.165, 1.54) is 75.1 Å². The monoisotopic (exact) mass is 1640 g/mol. The Balaban J connectivity index is 0.00000126. The summed E-state index contributed by atoms with van der Waals surface area (Å²) >= 11 is 1.18. The normalized spacial score (nSPS) is 11.0. The summed E-state index contributed by atoms with van der Waals surface area (Å²) in [5, 5.41) is 36.3. The van der Waals surface area contributed by atoms with Gasteiger partial charge in [-0.1, -0.05) is 107 Å². The summed E-state index contributed by atoms with van der Waals surface area (Å²) in [6.45, 7) is 52.8. The molecule has 2 amide bonds. The number of benzene rings is 2. The average molecular weight is 1640 g/mol. The Morgan fingerprint density at radius 2 is 1.03 bits per heavy atom. The number of nitrogens with zero attached hydrogens (tertiary/aromatic N) is 16. The second-order valence-electron chi connectivity index (χ2n) is 23.7. The molecule has 2 aromatic carbocycles. The molecule has 0 atom stereocenters. The number of fused-ring (bicyclic) bond motifs is 2. The standard InChI is InChI=1S/C22H26N6O.C11H13FN4.C11H14N2O.C6H5BrFN.C6H11N3.3C4H9.C3H3.C2H5N3.4C2H6.Sn/c1-5-28-15(3)21(25-26-28)17-9-10-20(24-14(17)2)27-12-11-16-7-6-8-18(19(16)13-27)22(29)23-4;1-4-16-8(3)11(14-15-16)9-5-6-10(12)13-7(9)2;1-12-11(14)9-4-2-3-8-5-6-13-7-10(8)9;1-4-5(7)2-3-6(8)9-4;1-4-9-6(3)5(2)7-8-9;3*1-3-4-2;1-3-2;1-2-4-5-3;4*1-2;/h6-10H,5,11-13H2,1-4H3,(H,23,29);5-6H,4H2,1-3H3;2-4,13H,5-7H2,1H3,(H,12,14);2-3H,1H3;4H2,1-3H3;3*1,3-4H2,2H3;1H3;2H2,1H3;4*1-2H3;. The van der Waals surface area contributed by atoms with E-state index in [0.717, 1.165) is 136 Å². The minimum atomic E-state index is -2.02. The van der Waals surface area contributed by atoms with Crippen LogP contribution in [0.25, 0.3) is 33.0 Å². The van der Waals surface area contributed by atoms with Gasteiger partial charge in [-0.25, -0.2) is 29.0 Å². The molecule has 0 saturated heterocycles. The molecule has 8 aromatic rings. The number of anilines is 1. The molecule has 25 heteroatoms. The number of pyridine rings is 3. The van der Waals surface area contributed by atoms with E-state index in [0.29, 0.717) is 24.5 Å². The summed E-state index contributed by atoms with van der Waals surface area (Å²) in [7, 11) is 3.33. The first-order valence-electron chi connectivity index (χ1n) is 38.2. The number of rotatable bonds is 18. The summed E-state index contributed by atoms with van der Waals surface area (Å²) in [5.74, 6) is 3.26. The Morgan fingerprint density at radius 3 is 1.41 bits per heavy atom. The third kappa shape index (κ3) is 31.8. The zero-order chi connectivity index (χ0) is 80.3. The molecule has 0 saturated carbocycles. The van der Waals surface area contributed by atoms with Crippen LogP contribution in [0.1, 0.15) is 232 Å². The Hall–Kier alpha value is -7.98. The molecule has 0 unspecified atom stereocenters. The maximum atomic E-state index is 12.9. The second-order valence-corrected chi connectivity index (χ2v) is 36.8. The molecule has 8 heterocycles. The fourth-order valence-corrected chi connectivity index (χ4v) is 25.0. The first-order chi connectivity index (χ1) is 51.1. The van der Waals surface area contributed by atoms with Crippen LogP contribution in [0.15, 0.2) is 82.4 Å². The van der Waals surface area contributed by atoms with Gasteiger partial charge in [-0.3, -0.25) is 9.59 Å². The maximum absolute atomic E-state index is 12.9. The molecule has 0 spiro atoms. The number of nitrogens with one attached hydrogen (secondary N) is 3. The van der Waals surface area contributed by atoms with E-state index in [4.69, 9.17) is 10.5 Å². The Kier molecular flexibility index (Phi) is 52.1. The van der Waals surface area contributed by atoms with Crippen molar-refractivity contribution >= 4 is 51.9 Å². The molecule has 106 heavy (non-hydrogen) atoms. The number of hydrogen-bond acceptors (Lipinski definition) is 14. The SMILES string of the molecule is CC.CC.CC.CC.CC#[C][Sn]([CH2]CCC)([CH2]CCC)[CH2]CCC.CCN=[N+]=[N-].CCn1nnc(-c2ccc(F)nc2C)c1C.CCn1nnc(-c2ccc(N3CCc4cccc(C(=O)NC)c4C3)nc2C)c1C.CCn1nnc(C)c1C.CNC(=O)c1cccc2c1CNCC2.Cc1nc(F)ccc1Br. The van der Waals surface area contributed by atoms with Crippen LogP contribution in [0.2, 0.25) is 13.3 Å². The molecular weight excluding hydrogens is 1510 g/mol. The van der Waals surface area contributed by atoms with Gasteiger partial charge in [-0.2, -0.15) is 8.78 Å². The van der Waals surface area contributed by atoms with Gasteiger partial charge in [0.15, 0.2) is 0 Å². The summed E-state index contributed by atoms with van der Waals surface area (Å²) < 4.78 is 39.8. The van der Waals surface area contributed by atoms with E-state index < -0.39 is 30.3 Å². The van der Waals surface area contributed by atoms with Crippen LogP contribution in [-0.2, 0) is 45.6 Å². The summed E-state index contributed by atoms with van der Waals surface area (Å²) in [6, 6.07) is 22.0. The number of halogens is 3. The number of amides is 2. The first-order valence-corrected chi connectivity index (χ1v) is 46.5. The number of aromatic nitrogens is 12. The summed E-state index contributed by atoms with van der Waals surface area (Å²) in [6.07, 6.45) is 10.2. The van der Waals surface area contributed by atoms with Crippen LogP contribution in [0, 0.1) is 70.2 Å². The van der Waals surface area contributed by atoms with Gasteiger partial charge in [0.1, 0.15) is 17.2 Å². The number of hydrogen-bond donors (Lipinski definition) is 3. The molecule has 0 fully saturated rings. The van der Waals surface area contributed by atoms with Crippen molar-refractivity contribution in [3.63, 3.8) is 0 Å². The topological polar surface area (TPSA) is 253 Å². The molecule has 3 N–H and O–H groups in total. The Morgan fingerprint density at radius 1 is 0.585 bits per heavy atom. The third-order valence-electron chi connectivity index (χ3n) is 17.0. The minimum Gasteiger partial charge on any atom is -0.355 e. The summed E-state index contributed by atoms with van der Waals surface area (Å²) in [4.78, 5) is 40.8. The third-order valence-corrected chi connectivity index (χ3v) is 31.3. The molecule has 21 nitrogen and oxygen atoms in total. The van der Waals surface area contributed by atoms with Gasteiger partial charge in [-0.05, 0) is 181 Å². The Bertz CT molecular complexity index is 3910. The maximum Gasteiger partial charge on any atom is 0.251 e. The van der Waals surface area contributed by atoms with Crippen LogP contribution in [-0.4, -0.2) is 124 Å².